The number of fused-ring (bicyclic) bond motifs is 4. The average Bonchev–Trinajstić information content (AvgIpc) is 3.01. The first kappa shape index (κ1) is 30.6. The molecule has 5 atom stereocenters. The van der Waals surface area contributed by atoms with Gasteiger partial charge in [0.25, 0.3) is 0 Å². The minimum absolute atomic E-state index is 0.455. The van der Waals surface area contributed by atoms with Crippen molar-refractivity contribution >= 4 is 17.9 Å². The van der Waals surface area contributed by atoms with E-state index in [1.54, 1.807) is 0 Å². The summed E-state index contributed by atoms with van der Waals surface area (Å²) in [5, 5.41) is 113. The molecule has 17 nitrogen and oxygen atoms in total. The maximum atomic E-state index is 13.5. The van der Waals surface area contributed by atoms with Gasteiger partial charge >= 0.3 is 17.9 Å². The van der Waals surface area contributed by atoms with Crippen LogP contribution in [0, 0.1) is 5.92 Å². The van der Waals surface area contributed by atoms with Crippen LogP contribution in [0.3, 0.4) is 0 Å². The summed E-state index contributed by atoms with van der Waals surface area (Å²) >= 11 is 0. The highest BCUT2D eigenvalue weighted by Crippen LogP contribution is 2.53. The topological polar surface area (TPSA) is 301 Å². The Hall–Kier alpha value is -5.81. The van der Waals surface area contributed by atoms with Crippen LogP contribution >= 0.6 is 0 Å². The Balaban J connectivity index is 1.57. The number of aliphatic hydroxyl groups is 2. The molecule has 238 valence electrons. The van der Waals surface area contributed by atoms with Crippen molar-refractivity contribution in [1.82, 2.24) is 0 Å². The number of aromatic hydroxyl groups is 9. The van der Waals surface area contributed by atoms with Crippen molar-refractivity contribution in [2.45, 2.75) is 30.8 Å². The first-order valence-electron chi connectivity index (χ1n) is 12.9. The third-order valence-corrected chi connectivity index (χ3v) is 7.50. The predicted octanol–water partition coefficient (Wildman–Crippen LogP) is 0.367. The molecule has 2 unspecified atom stereocenters. The van der Waals surface area contributed by atoms with Gasteiger partial charge in [-0.05, 0) is 30.7 Å². The molecular formula is C28H24O17. The van der Waals surface area contributed by atoms with Gasteiger partial charge in [-0.25, -0.2) is 14.4 Å². The number of carbonyl (C=O) groups excluding carboxylic acids is 3. The van der Waals surface area contributed by atoms with Crippen LogP contribution in [0.5, 0.6) is 51.7 Å². The molecule has 0 aromatic heterocycles. The van der Waals surface area contributed by atoms with Crippen molar-refractivity contribution in [3.63, 3.8) is 0 Å². The van der Waals surface area contributed by atoms with Gasteiger partial charge < -0.3 is 70.4 Å². The molecule has 5 rings (SSSR count). The number of ether oxygens (including phenoxy) is 3. The number of carbonyl (C=O) groups is 3. The molecule has 3 aromatic carbocycles. The molecular weight excluding hydrogens is 608 g/mol. The van der Waals surface area contributed by atoms with E-state index >= 15 is 0 Å². The summed E-state index contributed by atoms with van der Waals surface area (Å²) in [6, 6.07) is 2.70. The first-order chi connectivity index (χ1) is 21.1. The number of phenolic OH excluding ortho intramolecular Hbond substituents is 9. The standard InChI is InChI=1S/C28H24O17/c29-11-1-7(2-12(30)18(11)33)26(40)44-15-3-8-6-43-27(41)9-4-13(31)19(34)22(37)16(9)17-10(5-14(32)20(35)23(17)38)28(42)45-25(8)24(39)21(15)36/h1-2,4-5,8,15,21,24-25,29-39H,3,6H2/t8?,15-,21?,24-,25-/m1/s1. The van der Waals surface area contributed by atoms with Crippen LogP contribution < -0.4 is 0 Å². The van der Waals surface area contributed by atoms with E-state index in [1.165, 1.54) is 0 Å². The van der Waals surface area contributed by atoms with E-state index in [-0.39, 0.29) is 0 Å². The van der Waals surface area contributed by atoms with E-state index < -0.39 is 141 Å². The zero-order chi connectivity index (χ0) is 33.1. The Kier molecular flexibility index (Phi) is 7.51. The monoisotopic (exact) mass is 632 g/mol. The minimum atomic E-state index is -2.04. The number of rotatable bonds is 2. The quantitative estimate of drug-likeness (QED) is 0.103. The van der Waals surface area contributed by atoms with Crippen molar-refractivity contribution in [2.75, 3.05) is 6.61 Å². The van der Waals surface area contributed by atoms with Crippen LogP contribution in [0.15, 0.2) is 24.3 Å². The van der Waals surface area contributed by atoms with Crippen molar-refractivity contribution < 1.29 is 84.8 Å². The van der Waals surface area contributed by atoms with E-state index in [0.29, 0.717) is 12.1 Å². The molecule has 0 radical (unpaired) electrons. The van der Waals surface area contributed by atoms with E-state index in [0.717, 1.165) is 12.1 Å². The lowest BCUT2D eigenvalue weighted by molar-refractivity contribution is -0.166. The predicted molar refractivity (Wildman–Crippen MR) is 142 cm³/mol. The Bertz CT molecular complexity index is 1720. The normalized spacial score (nSPS) is 22.9. The van der Waals surface area contributed by atoms with Gasteiger partial charge in [0.05, 0.1) is 23.3 Å². The zero-order valence-electron chi connectivity index (χ0n) is 22.5. The second-order valence-corrected chi connectivity index (χ2v) is 10.3. The van der Waals surface area contributed by atoms with Crippen LogP contribution in [-0.4, -0.2) is 105 Å². The van der Waals surface area contributed by atoms with Gasteiger partial charge in [-0.3, -0.25) is 0 Å². The van der Waals surface area contributed by atoms with Gasteiger partial charge in [0, 0.05) is 17.0 Å². The molecule has 1 aliphatic heterocycles. The van der Waals surface area contributed by atoms with Gasteiger partial charge in [-0.15, -0.1) is 0 Å². The van der Waals surface area contributed by atoms with E-state index in [1.807, 2.05) is 0 Å². The second-order valence-electron chi connectivity index (χ2n) is 10.3. The van der Waals surface area contributed by atoms with E-state index in [2.05, 4.69) is 0 Å². The highest BCUT2D eigenvalue weighted by atomic mass is 16.6. The molecule has 2 aliphatic rings. The summed E-state index contributed by atoms with van der Waals surface area (Å²) in [6.45, 7) is -0.726. The Morgan fingerprint density at radius 1 is 0.667 bits per heavy atom. The highest BCUT2D eigenvalue weighted by Gasteiger charge is 2.49. The fourth-order valence-corrected chi connectivity index (χ4v) is 5.20. The molecule has 1 saturated carbocycles. The molecule has 0 bridgehead atoms. The van der Waals surface area contributed by atoms with Gasteiger partial charge in [0.2, 0.25) is 11.5 Å². The Morgan fingerprint density at radius 2 is 1.16 bits per heavy atom. The molecule has 0 amide bonds. The van der Waals surface area contributed by atoms with Gasteiger partial charge in [0.15, 0.2) is 40.2 Å². The summed E-state index contributed by atoms with van der Waals surface area (Å²) in [5.41, 5.74) is -3.72. The number of benzene rings is 3. The number of hydrogen-bond donors (Lipinski definition) is 11. The molecule has 17 heteroatoms. The van der Waals surface area contributed by atoms with E-state index in [4.69, 9.17) is 14.2 Å². The Morgan fingerprint density at radius 3 is 1.69 bits per heavy atom. The first-order valence-corrected chi connectivity index (χ1v) is 12.9. The SMILES string of the molecule is O=C(O[C@@H]1CC2COC(=O)c3cc(O)c(O)c(O)c3-c3c(cc(O)c(O)c3O)C(=O)O[C@H]2[C@H](O)C1O)c1cc(O)c(O)c(O)c1. The third-order valence-electron chi connectivity index (χ3n) is 7.50. The number of phenols is 9. The lowest BCUT2D eigenvalue weighted by Gasteiger charge is -2.41. The zero-order valence-corrected chi connectivity index (χ0v) is 22.5. The van der Waals surface area contributed by atoms with Gasteiger partial charge in [-0.2, -0.15) is 0 Å². The maximum Gasteiger partial charge on any atom is 0.339 e. The minimum Gasteiger partial charge on any atom is -0.504 e. The van der Waals surface area contributed by atoms with Crippen molar-refractivity contribution in [3.05, 3.63) is 41.0 Å². The number of aliphatic hydroxyl groups excluding tert-OH is 2. The molecule has 1 fully saturated rings. The lowest BCUT2D eigenvalue weighted by atomic mass is 9.80. The van der Waals surface area contributed by atoms with Crippen molar-refractivity contribution in [1.29, 1.82) is 0 Å². The largest absolute Gasteiger partial charge is 0.504 e. The summed E-state index contributed by atoms with van der Waals surface area (Å²) in [5.74, 6) is -15.0. The Labute approximate surface area is 250 Å². The van der Waals surface area contributed by atoms with Gasteiger partial charge in [0.1, 0.15) is 24.4 Å². The van der Waals surface area contributed by atoms with Crippen molar-refractivity contribution in [3.8, 4) is 62.9 Å². The summed E-state index contributed by atoms with van der Waals surface area (Å²) in [6.07, 6.45) is -7.76. The maximum absolute atomic E-state index is 13.5. The van der Waals surface area contributed by atoms with Crippen molar-refractivity contribution in [2.24, 2.45) is 5.92 Å². The molecule has 0 saturated heterocycles. The number of cyclic esters (lactones) is 1. The van der Waals surface area contributed by atoms with Crippen LogP contribution in [0.25, 0.3) is 11.1 Å². The van der Waals surface area contributed by atoms with E-state index in [9.17, 15) is 70.6 Å². The average molecular weight is 632 g/mol. The molecule has 1 heterocycles. The van der Waals surface area contributed by atoms with Crippen LogP contribution in [-0.2, 0) is 14.2 Å². The summed E-state index contributed by atoms with van der Waals surface area (Å²) in [4.78, 5) is 39.5. The molecule has 3 aromatic rings. The molecule has 0 spiro atoms. The van der Waals surface area contributed by atoms with Gasteiger partial charge in [-0.1, -0.05) is 0 Å². The summed E-state index contributed by atoms with van der Waals surface area (Å²) in [7, 11) is 0. The van der Waals surface area contributed by atoms with Crippen LogP contribution in [0.4, 0.5) is 0 Å². The lowest BCUT2D eigenvalue weighted by Crippen LogP contribution is -2.57. The number of esters is 3. The molecule has 1 aliphatic carbocycles. The smallest absolute Gasteiger partial charge is 0.339 e. The number of hydrogen-bond acceptors (Lipinski definition) is 17. The fourth-order valence-electron chi connectivity index (χ4n) is 5.20. The third kappa shape index (κ3) is 5.08. The fraction of sp³-hybridized carbons (Fsp3) is 0.250. The molecule has 45 heavy (non-hydrogen) atoms. The van der Waals surface area contributed by atoms with Crippen LogP contribution in [0.2, 0.25) is 0 Å². The second kappa shape index (κ2) is 11.0. The molecule has 11 N–H and O–H groups in total. The van der Waals surface area contributed by atoms with Crippen LogP contribution in [0.1, 0.15) is 37.5 Å². The summed E-state index contributed by atoms with van der Waals surface area (Å²) < 4.78 is 15.9. The highest BCUT2D eigenvalue weighted by molar-refractivity contribution is 6.08.